The number of thioether (sulfide) groups is 1. The first kappa shape index (κ1) is 30.2. The van der Waals surface area contributed by atoms with Crippen LogP contribution in [0.4, 0.5) is 13.2 Å². The molecule has 8 nitrogen and oxygen atoms in total. The number of hydrogen-bond acceptors (Lipinski definition) is 7. The lowest BCUT2D eigenvalue weighted by Gasteiger charge is -2.20. The zero-order valence-electron chi connectivity index (χ0n) is 22.8. The molecule has 4 rings (SSSR count). The van der Waals surface area contributed by atoms with Gasteiger partial charge >= 0.3 is 6.18 Å². The van der Waals surface area contributed by atoms with E-state index < -0.39 is 23.0 Å². The molecule has 1 amide bonds. The van der Waals surface area contributed by atoms with Crippen LogP contribution in [0.5, 0.6) is 17.2 Å². The highest BCUT2D eigenvalue weighted by atomic mass is 32.2. The molecule has 12 heteroatoms. The molecule has 41 heavy (non-hydrogen) atoms. The summed E-state index contributed by atoms with van der Waals surface area (Å²) in [6, 6.07) is 13.0. The van der Waals surface area contributed by atoms with Gasteiger partial charge in [0.15, 0.2) is 17.3 Å². The summed E-state index contributed by atoms with van der Waals surface area (Å²) in [5, 5.41) is 10.9. The van der Waals surface area contributed by atoms with E-state index in [9.17, 15) is 18.0 Å². The van der Waals surface area contributed by atoms with Crippen molar-refractivity contribution < 1.29 is 32.2 Å². The molecule has 2 aromatic rings. The minimum atomic E-state index is -4.71. The van der Waals surface area contributed by atoms with Crippen LogP contribution in [0, 0.1) is 5.41 Å². The maximum absolute atomic E-state index is 13.1. The van der Waals surface area contributed by atoms with E-state index in [-0.39, 0.29) is 29.1 Å². The first-order valence-corrected chi connectivity index (χ1v) is 14.2. The van der Waals surface area contributed by atoms with Gasteiger partial charge in [-0.05, 0) is 73.0 Å². The molecule has 1 N–H and O–H groups in total. The number of fused-ring (bicyclic) bond motifs is 1. The number of alkyl halides is 3. The van der Waals surface area contributed by atoms with Gasteiger partial charge in [0, 0.05) is 0 Å². The third kappa shape index (κ3) is 7.90. The molecule has 0 spiro atoms. The molecular formula is C29H31F3N4O4S. The van der Waals surface area contributed by atoms with Crippen molar-refractivity contribution in [2.45, 2.75) is 52.1 Å². The topological polar surface area (TPSA) is 96.6 Å². The fourth-order valence-corrected chi connectivity index (χ4v) is 4.85. The number of aryl methyl sites for hydroxylation is 1. The van der Waals surface area contributed by atoms with Gasteiger partial charge in [0.1, 0.15) is 19.0 Å². The number of amidine groups is 2. The maximum atomic E-state index is 13.1. The lowest BCUT2D eigenvalue weighted by atomic mass is 10.1. The molecule has 0 radical (unpaired) electrons. The normalized spacial score (nSPS) is 16.0. The number of aliphatic imine (C=N–C) groups is 1. The number of carbonyl (C=O) groups excluding carboxylic acids is 1. The van der Waals surface area contributed by atoms with Crippen LogP contribution >= 0.6 is 11.8 Å². The van der Waals surface area contributed by atoms with E-state index in [0.717, 1.165) is 12.2 Å². The standard InChI is InChI=1S/C29H31F3N4O4S/c1-3-5-6-7-8-19-9-12-21(13-10-19)39-15-16-40-23-14-11-20(18-24(23)38-4-2)17-22-25(33)36-28(34-26(22)37)41-27(35-36)29(30,31)32/h9-14,17-18,33H,3-8,15-16H2,1-2H3/b22-17+,33-25?. The highest BCUT2D eigenvalue weighted by Crippen LogP contribution is 2.36. The highest BCUT2D eigenvalue weighted by Gasteiger charge is 2.46. The molecule has 218 valence electrons. The number of unbranched alkanes of at least 4 members (excludes halogenated alkanes) is 3. The number of hydrogen-bond donors (Lipinski definition) is 1. The first-order chi connectivity index (χ1) is 19.7. The Labute approximate surface area is 240 Å². The molecule has 0 saturated heterocycles. The molecular weight excluding hydrogens is 557 g/mol. The number of halogens is 3. The van der Waals surface area contributed by atoms with Crippen LogP contribution < -0.4 is 14.2 Å². The first-order valence-electron chi connectivity index (χ1n) is 13.4. The number of hydrazone groups is 1. The predicted octanol–water partition coefficient (Wildman–Crippen LogP) is 6.85. The third-order valence-electron chi connectivity index (χ3n) is 6.13. The van der Waals surface area contributed by atoms with Crippen molar-refractivity contribution in [3.63, 3.8) is 0 Å². The number of nitrogens with one attached hydrogen (secondary N) is 1. The van der Waals surface area contributed by atoms with Crippen LogP contribution in [0.1, 0.15) is 50.7 Å². The molecule has 2 aliphatic rings. The Hall–Kier alpha value is -3.80. The lowest BCUT2D eigenvalue weighted by molar-refractivity contribution is -0.114. The molecule has 0 unspecified atom stereocenters. The quantitative estimate of drug-likeness (QED) is 0.203. The van der Waals surface area contributed by atoms with Crippen molar-refractivity contribution in [2.75, 3.05) is 19.8 Å². The van der Waals surface area contributed by atoms with Gasteiger partial charge in [-0.2, -0.15) is 28.3 Å². The maximum Gasteiger partial charge on any atom is 0.441 e. The minimum absolute atomic E-state index is 0.196. The Morgan fingerprint density at radius 2 is 1.73 bits per heavy atom. The number of nitrogens with zero attached hydrogens (tertiary/aromatic N) is 3. The Morgan fingerprint density at radius 1 is 0.976 bits per heavy atom. The monoisotopic (exact) mass is 588 g/mol. The summed E-state index contributed by atoms with van der Waals surface area (Å²) < 4.78 is 56.5. The van der Waals surface area contributed by atoms with Gasteiger partial charge in [0.2, 0.25) is 10.2 Å². The molecule has 2 aromatic carbocycles. The van der Waals surface area contributed by atoms with Crippen molar-refractivity contribution in [1.29, 1.82) is 5.41 Å². The minimum Gasteiger partial charge on any atom is -0.490 e. The van der Waals surface area contributed by atoms with Gasteiger partial charge in [-0.1, -0.05) is 44.4 Å². The molecule has 2 aliphatic heterocycles. The number of ether oxygens (including phenoxy) is 3. The SMILES string of the molecule is CCCCCCc1ccc(OCCOc2ccc(/C=C3\C(=N)N4N=C(C(F)(F)F)SC4=NC3=O)cc2OCC)cc1. The van der Waals surface area contributed by atoms with Crippen LogP contribution in [-0.2, 0) is 11.2 Å². The number of amides is 1. The van der Waals surface area contributed by atoms with E-state index in [1.54, 1.807) is 18.2 Å². The lowest BCUT2D eigenvalue weighted by Crippen LogP contribution is -2.35. The summed E-state index contributed by atoms with van der Waals surface area (Å²) in [5.74, 6) is 0.300. The second kappa shape index (κ2) is 13.7. The Balaban J connectivity index is 1.36. The molecule has 0 bridgehead atoms. The van der Waals surface area contributed by atoms with Crippen molar-refractivity contribution in [2.24, 2.45) is 10.1 Å². The second-order valence-corrected chi connectivity index (χ2v) is 10.2. The van der Waals surface area contributed by atoms with Crippen LogP contribution in [0.25, 0.3) is 6.08 Å². The third-order valence-corrected chi connectivity index (χ3v) is 7.08. The molecule has 0 fully saturated rings. The molecule has 0 saturated carbocycles. The van der Waals surface area contributed by atoms with Gasteiger partial charge in [0.25, 0.3) is 5.91 Å². The van der Waals surface area contributed by atoms with Crippen molar-refractivity contribution in [3.8, 4) is 17.2 Å². The van der Waals surface area contributed by atoms with Crippen molar-refractivity contribution in [1.82, 2.24) is 5.01 Å². The fourth-order valence-electron chi connectivity index (χ4n) is 4.09. The van der Waals surface area contributed by atoms with Crippen molar-refractivity contribution >= 4 is 39.8 Å². The average Bonchev–Trinajstić information content (AvgIpc) is 3.38. The van der Waals surface area contributed by atoms with E-state index in [2.05, 4.69) is 29.2 Å². The van der Waals surface area contributed by atoms with Crippen LogP contribution in [0.15, 0.2) is 58.1 Å². The molecule has 2 heterocycles. The van der Waals surface area contributed by atoms with Gasteiger partial charge < -0.3 is 14.2 Å². The molecule has 0 aliphatic carbocycles. The summed E-state index contributed by atoms with van der Waals surface area (Å²) in [6.45, 7) is 4.93. The number of benzene rings is 2. The zero-order chi connectivity index (χ0) is 29.4. The number of carbonyl (C=O) groups is 1. The van der Waals surface area contributed by atoms with E-state index >= 15 is 0 Å². The average molecular weight is 589 g/mol. The van der Waals surface area contributed by atoms with Gasteiger partial charge in [0.05, 0.1) is 12.2 Å². The zero-order valence-corrected chi connectivity index (χ0v) is 23.6. The van der Waals surface area contributed by atoms with E-state index in [4.69, 9.17) is 19.6 Å². The molecule has 0 aromatic heterocycles. The van der Waals surface area contributed by atoms with Crippen LogP contribution in [0.3, 0.4) is 0 Å². The van der Waals surface area contributed by atoms with Gasteiger partial charge in [-0.3, -0.25) is 10.2 Å². The summed E-state index contributed by atoms with van der Waals surface area (Å²) >= 11 is 0.206. The van der Waals surface area contributed by atoms with E-state index in [1.165, 1.54) is 37.3 Å². The summed E-state index contributed by atoms with van der Waals surface area (Å²) in [4.78, 5) is 16.2. The van der Waals surface area contributed by atoms with Crippen molar-refractivity contribution in [3.05, 3.63) is 59.2 Å². The van der Waals surface area contributed by atoms with Gasteiger partial charge in [-0.15, -0.1) is 0 Å². The molecule has 0 atom stereocenters. The Morgan fingerprint density at radius 3 is 2.44 bits per heavy atom. The summed E-state index contributed by atoms with van der Waals surface area (Å²) in [7, 11) is 0. The van der Waals surface area contributed by atoms with Gasteiger partial charge in [-0.25, -0.2) is 0 Å². The summed E-state index contributed by atoms with van der Waals surface area (Å²) in [6.07, 6.45) is 2.62. The van der Waals surface area contributed by atoms with E-state index in [0.29, 0.717) is 35.3 Å². The Kier molecular flexibility index (Phi) is 10.1. The predicted molar refractivity (Wildman–Crippen MR) is 154 cm³/mol. The van der Waals surface area contributed by atoms with Crippen LogP contribution in [0.2, 0.25) is 0 Å². The smallest absolute Gasteiger partial charge is 0.441 e. The van der Waals surface area contributed by atoms with Crippen LogP contribution in [-0.4, -0.2) is 53.0 Å². The number of rotatable bonds is 13. The Bertz CT molecular complexity index is 1360. The van der Waals surface area contributed by atoms with E-state index in [1.807, 2.05) is 19.1 Å². The summed E-state index contributed by atoms with van der Waals surface area (Å²) in [5.41, 5.74) is 1.57. The largest absolute Gasteiger partial charge is 0.490 e. The highest BCUT2D eigenvalue weighted by molar-refractivity contribution is 8.27. The fraction of sp³-hybridized carbons (Fsp3) is 0.379. The second-order valence-electron chi connectivity index (χ2n) is 9.21.